The van der Waals surface area contributed by atoms with E-state index in [2.05, 4.69) is 139 Å². The summed E-state index contributed by atoms with van der Waals surface area (Å²) < 4.78 is 12.8. The Morgan fingerprint density at radius 2 is 1.61 bits per heavy atom. The Labute approximate surface area is 304 Å². The predicted molar refractivity (Wildman–Crippen MR) is 195 cm³/mol. The molecule has 7 aromatic rings. The van der Waals surface area contributed by atoms with Crippen LogP contribution < -0.4 is 9.30 Å². The van der Waals surface area contributed by atoms with Gasteiger partial charge in [-0.2, -0.15) is 12.1 Å². The molecule has 0 atom stereocenters. The fraction of sp³-hybridized carbons (Fsp3) is 0.256. The maximum absolute atomic E-state index is 6.68. The van der Waals surface area contributed by atoms with Gasteiger partial charge in [-0.25, -0.2) is 4.98 Å². The number of aromatic nitrogens is 4. The van der Waals surface area contributed by atoms with E-state index in [0.717, 1.165) is 33.5 Å². The minimum absolute atomic E-state index is 0. The third kappa shape index (κ3) is 6.49. The zero-order chi connectivity index (χ0) is 33.9. The molecule has 6 heteroatoms. The molecule has 0 radical (unpaired) electrons. The Bertz CT molecular complexity index is 2310. The number of ether oxygens (including phenoxy) is 1. The average molecular weight is 826 g/mol. The fourth-order valence-electron chi connectivity index (χ4n) is 6.91. The number of fused-ring (bicyclic) bond motifs is 3. The Balaban J connectivity index is 0.00000417. The standard InChI is InChI=1S/C43H42N4O.Pt/c1-27(2)36-11-10-12-38-37-14-13-34(25-39(37)47(42(36)38)40-23-32(15-16-44-40)43(6,7)8)48-35-22-31(41-29(4)19-28(3)20-30(41)5)21-33(24-35)46-18-17-45(9)26-46;/h10-23,27H,1-9H3;/q-2;. The number of hydrogen-bond acceptors (Lipinski definition) is 2. The fourth-order valence-corrected chi connectivity index (χ4v) is 6.91. The van der Waals surface area contributed by atoms with E-state index in [4.69, 9.17) is 9.72 Å². The molecule has 0 spiro atoms. The number of aryl methyl sites for hydroxylation is 4. The topological polar surface area (TPSA) is 35.9 Å². The van der Waals surface area contributed by atoms with Gasteiger partial charge in [-0.05, 0) is 77.4 Å². The summed E-state index contributed by atoms with van der Waals surface area (Å²) in [6.07, 6.45) is 9.19. The van der Waals surface area contributed by atoms with Crippen LogP contribution in [0.4, 0.5) is 0 Å². The normalized spacial score (nSPS) is 11.8. The molecule has 0 saturated carbocycles. The summed E-state index contributed by atoms with van der Waals surface area (Å²) in [5, 5.41) is 2.29. The van der Waals surface area contributed by atoms with E-state index in [9.17, 15) is 0 Å². The number of hydrogen-bond donors (Lipinski definition) is 0. The Morgan fingerprint density at radius 1 is 0.857 bits per heavy atom. The summed E-state index contributed by atoms with van der Waals surface area (Å²) in [5.74, 6) is 2.43. The van der Waals surface area contributed by atoms with Crippen molar-refractivity contribution in [2.24, 2.45) is 7.05 Å². The monoisotopic (exact) mass is 825 g/mol. The summed E-state index contributed by atoms with van der Waals surface area (Å²) in [4.78, 5) is 4.91. The molecule has 0 aliphatic rings. The van der Waals surface area contributed by atoms with Crippen LogP contribution in [0.2, 0.25) is 0 Å². The molecule has 252 valence electrons. The molecule has 5 nitrogen and oxygen atoms in total. The van der Waals surface area contributed by atoms with Crippen LogP contribution in [0, 0.1) is 39.2 Å². The largest absolute Gasteiger partial charge is 0.510 e. The average Bonchev–Trinajstić information content (AvgIpc) is 3.61. The first-order chi connectivity index (χ1) is 22.9. The van der Waals surface area contributed by atoms with Crippen molar-refractivity contribution in [1.82, 2.24) is 14.1 Å². The molecule has 7 rings (SSSR count). The molecule has 0 aliphatic heterocycles. The van der Waals surface area contributed by atoms with Crippen LogP contribution in [-0.2, 0) is 33.5 Å². The molecular weight excluding hydrogens is 784 g/mol. The summed E-state index contributed by atoms with van der Waals surface area (Å²) in [6, 6.07) is 30.9. The van der Waals surface area contributed by atoms with Crippen LogP contribution in [0.25, 0.3) is 44.4 Å². The predicted octanol–water partition coefficient (Wildman–Crippen LogP) is 10.00. The van der Waals surface area contributed by atoms with Crippen LogP contribution in [0.3, 0.4) is 0 Å². The van der Waals surface area contributed by atoms with Crippen molar-refractivity contribution in [1.29, 1.82) is 0 Å². The maximum Gasteiger partial charge on any atom is 0.241 e. The Kier molecular flexibility index (Phi) is 9.19. The van der Waals surface area contributed by atoms with Gasteiger partial charge in [-0.1, -0.05) is 81.7 Å². The first-order valence-electron chi connectivity index (χ1n) is 16.6. The van der Waals surface area contributed by atoms with Crippen LogP contribution in [-0.4, -0.2) is 14.1 Å². The molecule has 0 aliphatic carbocycles. The number of pyridine rings is 1. The van der Waals surface area contributed by atoms with Gasteiger partial charge >= 0.3 is 0 Å². The van der Waals surface area contributed by atoms with E-state index in [1.54, 1.807) is 0 Å². The van der Waals surface area contributed by atoms with E-state index in [-0.39, 0.29) is 26.5 Å². The van der Waals surface area contributed by atoms with Gasteiger partial charge in [0.2, 0.25) is 6.33 Å². The SMILES string of the molecule is Cc1cc(C)c(-c2cc(Oc3[c-]c4c(cc3)c3cccc(C(C)C)c3n4-c3cc(C(C)(C)C)ccn3)[c-]c(-n3[c-][n+](C)cc3)c2)c(C)c1.[Pt]. The first kappa shape index (κ1) is 34.4. The summed E-state index contributed by atoms with van der Waals surface area (Å²) >= 11 is 0. The maximum atomic E-state index is 6.68. The van der Waals surface area contributed by atoms with E-state index in [1.807, 2.05) is 40.8 Å². The molecule has 3 heterocycles. The van der Waals surface area contributed by atoms with Gasteiger partial charge in [0.25, 0.3) is 0 Å². The Hall–Kier alpha value is -4.47. The first-order valence-corrected chi connectivity index (χ1v) is 16.6. The van der Waals surface area contributed by atoms with Gasteiger partial charge in [0.15, 0.2) is 0 Å². The number of nitrogens with zero attached hydrogens (tertiary/aromatic N) is 4. The number of benzene rings is 4. The molecule has 3 aromatic heterocycles. The minimum atomic E-state index is -0.0176. The van der Waals surface area contributed by atoms with Gasteiger partial charge in [-0.15, -0.1) is 35.2 Å². The van der Waals surface area contributed by atoms with Crippen molar-refractivity contribution >= 4 is 21.8 Å². The third-order valence-electron chi connectivity index (χ3n) is 9.15. The molecule has 0 saturated heterocycles. The van der Waals surface area contributed by atoms with E-state index >= 15 is 0 Å². The summed E-state index contributed by atoms with van der Waals surface area (Å²) in [6.45, 7) is 17.7. The molecule has 0 unspecified atom stereocenters. The third-order valence-corrected chi connectivity index (χ3v) is 9.15. The van der Waals surface area contributed by atoms with Gasteiger partial charge in [-0.3, -0.25) is 0 Å². The van der Waals surface area contributed by atoms with Gasteiger partial charge in [0, 0.05) is 56.7 Å². The van der Waals surface area contributed by atoms with Crippen molar-refractivity contribution < 1.29 is 30.4 Å². The van der Waals surface area contributed by atoms with E-state index < -0.39 is 0 Å². The van der Waals surface area contributed by atoms with E-state index in [0.29, 0.717) is 17.4 Å². The molecule has 0 amide bonds. The van der Waals surface area contributed by atoms with Crippen molar-refractivity contribution in [3.63, 3.8) is 0 Å². The Morgan fingerprint density at radius 3 is 2.29 bits per heavy atom. The number of rotatable bonds is 6. The van der Waals surface area contributed by atoms with Crippen LogP contribution >= 0.6 is 0 Å². The molecule has 0 bridgehead atoms. The van der Waals surface area contributed by atoms with E-state index in [1.165, 1.54) is 38.8 Å². The zero-order valence-corrected chi connectivity index (χ0v) is 31.9. The minimum Gasteiger partial charge on any atom is -0.510 e. The van der Waals surface area contributed by atoms with Gasteiger partial charge in [0.1, 0.15) is 5.82 Å². The van der Waals surface area contributed by atoms with Crippen molar-refractivity contribution in [3.05, 3.63) is 132 Å². The number of imidazole rings is 1. The second kappa shape index (κ2) is 13.1. The second-order valence-corrected chi connectivity index (χ2v) is 14.3. The van der Waals surface area contributed by atoms with Crippen molar-refractivity contribution in [3.8, 4) is 34.1 Å². The van der Waals surface area contributed by atoms with Crippen LogP contribution in [0.15, 0.2) is 85.3 Å². The summed E-state index contributed by atoms with van der Waals surface area (Å²) in [7, 11) is 1.96. The zero-order valence-electron chi connectivity index (χ0n) is 29.7. The molecule has 0 N–H and O–H groups in total. The van der Waals surface area contributed by atoms with Crippen molar-refractivity contribution in [2.45, 2.75) is 66.7 Å². The molecule has 49 heavy (non-hydrogen) atoms. The summed E-state index contributed by atoms with van der Waals surface area (Å²) in [5.41, 5.74) is 11.4. The van der Waals surface area contributed by atoms with Crippen molar-refractivity contribution in [2.75, 3.05) is 0 Å². The van der Waals surface area contributed by atoms with Crippen LogP contribution in [0.5, 0.6) is 11.5 Å². The smallest absolute Gasteiger partial charge is 0.241 e. The molecule has 0 fully saturated rings. The van der Waals surface area contributed by atoms with Gasteiger partial charge in [0.05, 0.1) is 7.05 Å². The van der Waals surface area contributed by atoms with Crippen LogP contribution in [0.1, 0.15) is 68.4 Å². The molecule has 4 aromatic carbocycles. The number of para-hydroxylation sites is 1. The second-order valence-electron chi connectivity index (χ2n) is 14.3. The van der Waals surface area contributed by atoms with Gasteiger partial charge < -0.3 is 18.4 Å². The quantitative estimate of drug-likeness (QED) is 0.124. The molecular formula is C43H42N4OPt-2.